The molecule has 1 atom stereocenters. The molecule has 0 fully saturated rings. The van der Waals surface area contributed by atoms with Gasteiger partial charge in [-0.05, 0) is 66.8 Å². The van der Waals surface area contributed by atoms with E-state index in [0.717, 1.165) is 28.2 Å². The van der Waals surface area contributed by atoms with E-state index in [0.29, 0.717) is 18.2 Å². The molecule has 0 heterocycles. The minimum Gasteiger partial charge on any atom is -0.489 e. The highest BCUT2D eigenvalue weighted by Gasteiger charge is 2.18. The van der Waals surface area contributed by atoms with E-state index in [1.165, 1.54) is 0 Å². The Balaban J connectivity index is 1.57. The maximum atomic E-state index is 12.6. The highest BCUT2D eigenvalue weighted by Crippen LogP contribution is 2.28. The van der Waals surface area contributed by atoms with Crippen LogP contribution in [0.3, 0.4) is 0 Å². The first-order chi connectivity index (χ1) is 14.4. The van der Waals surface area contributed by atoms with Gasteiger partial charge in [-0.1, -0.05) is 56.3 Å². The molecular weight excluding hydrogens is 374 g/mol. The van der Waals surface area contributed by atoms with E-state index < -0.39 is 6.10 Å². The van der Waals surface area contributed by atoms with Gasteiger partial charge in [-0.25, -0.2) is 0 Å². The Hall–Kier alpha value is -3.27. The molecule has 3 rings (SSSR count). The smallest absolute Gasteiger partial charge is 0.265 e. The first-order valence-corrected chi connectivity index (χ1v) is 10.3. The van der Waals surface area contributed by atoms with E-state index in [-0.39, 0.29) is 5.91 Å². The van der Waals surface area contributed by atoms with E-state index in [9.17, 15) is 4.79 Å². The Morgan fingerprint density at radius 3 is 2.30 bits per heavy atom. The van der Waals surface area contributed by atoms with Crippen molar-refractivity contribution >= 4 is 11.6 Å². The molecule has 0 aliphatic carbocycles. The van der Waals surface area contributed by atoms with Crippen LogP contribution >= 0.6 is 0 Å². The Morgan fingerprint density at radius 2 is 1.63 bits per heavy atom. The van der Waals surface area contributed by atoms with Crippen LogP contribution in [0.2, 0.25) is 0 Å². The maximum absolute atomic E-state index is 12.6. The third-order valence-corrected chi connectivity index (χ3v) is 4.83. The molecule has 0 saturated heterocycles. The lowest BCUT2D eigenvalue weighted by molar-refractivity contribution is -0.122. The normalized spacial score (nSPS) is 11.8. The fourth-order valence-electron chi connectivity index (χ4n) is 3.08. The minimum atomic E-state index is -0.613. The Morgan fingerprint density at radius 1 is 0.933 bits per heavy atom. The molecule has 0 aliphatic heterocycles. The lowest BCUT2D eigenvalue weighted by atomic mass is 10.0. The largest absolute Gasteiger partial charge is 0.489 e. The summed E-state index contributed by atoms with van der Waals surface area (Å²) < 4.78 is 11.8. The Labute approximate surface area is 178 Å². The van der Waals surface area contributed by atoms with Crippen LogP contribution in [-0.2, 0) is 11.4 Å². The first-order valence-electron chi connectivity index (χ1n) is 10.3. The van der Waals surface area contributed by atoms with Crippen LogP contribution in [0.5, 0.6) is 11.5 Å². The molecule has 0 spiro atoms. The number of nitrogens with one attached hydrogen (secondary N) is 1. The highest BCUT2D eigenvalue weighted by molar-refractivity contribution is 5.94. The summed E-state index contributed by atoms with van der Waals surface area (Å²) in [4.78, 5) is 12.6. The third-order valence-electron chi connectivity index (χ3n) is 4.83. The lowest BCUT2D eigenvalue weighted by Gasteiger charge is -2.19. The summed E-state index contributed by atoms with van der Waals surface area (Å²) in [7, 11) is 0. The third kappa shape index (κ3) is 5.86. The summed E-state index contributed by atoms with van der Waals surface area (Å²) >= 11 is 0. The summed E-state index contributed by atoms with van der Waals surface area (Å²) in [5.41, 5.74) is 4.02. The van der Waals surface area contributed by atoms with E-state index >= 15 is 0 Å². The van der Waals surface area contributed by atoms with Crippen LogP contribution in [0.1, 0.15) is 43.4 Å². The fraction of sp³-hybridized carbons (Fsp3) is 0.269. The minimum absolute atomic E-state index is 0.191. The molecule has 1 N–H and O–H groups in total. The highest BCUT2D eigenvalue weighted by atomic mass is 16.5. The molecule has 0 saturated carbocycles. The number of aryl methyl sites for hydroxylation is 1. The van der Waals surface area contributed by atoms with Crippen molar-refractivity contribution < 1.29 is 14.3 Å². The van der Waals surface area contributed by atoms with E-state index in [4.69, 9.17) is 9.47 Å². The number of carbonyl (C=O) groups excluding carboxylic acids is 1. The van der Waals surface area contributed by atoms with Gasteiger partial charge < -0.3 is 14.8 Å². The summed E-state index contributed by atoms with van der Waals surface area (Å²) in [6, 6.07) is 23.5. The van der Waals surface area contributed by atoms with Crippen molar-refractivity contribution in [2.75, 3.05) is 5.32 Å². The van der Waals surface area contributed by atoms with Crippen molar-refractivity contribution in [1.29, 1.82) is 0 Å². The number of hydrogen-bond donors (Lipinski definition) is 1. The van der Waals surface area contributed by atoms with E-state index in [1.54, 1.807) is 6.92 Å². The van der Waals surface area contributed by atoms with E-state index in [1.807, 2.05) is 67.6 Å². The van der Waals surface area contributed by atoms with Crippen LogP contribution in [0.4, 0.5) is 5.69 Å². The van der Waals surface area contributed by atoms with Gasteiger partial charge >= 0.3 is 0 Å². The number of rotatable bonds is 8. The van der Waals surface area contributed by atoms with Gasteiger partial charge in [0, 0.05) is 5.69 Å². The van der Waals surface area contributed by atoms with Crippen molar-refractivity contribution in [2.24, 2.45) is 0 Å². The summed E-state index contributed by atoms with van der Waals surface area (Å²) in [5.74, 6) is 1.64. The van der Waals surface area contributed by atoms with Gasteiger partial charge in [0.1, 0.15) is 18.1 Å². The van der Waals surface area contributed by atoms with Gasteiger partial charge in [0.25, 0.3) is 5.91 Å². The fourth-order valence-corrected chi connectivity index (χ4v) is 3.08. The van der Waals surface area contributed by atoms with Crippen LogP contribution < -0.4 is 14.8 Å². The topological polar surface area (TPSA) is 47.6 Å². The zero-order valence-electron chi connectivity index (χ0n) is 18.0. The second kappa shape index (κ2) is 9.97. The van der Waals surface area contributed by atoms with E-state index in [2.05, 4.69) is 31.3 Å². The predicted molar refractivity (Wildman–Crippen MR) is 121 cm³/mol. The molecule has 0 aliphatic rings. The standard InChI is InChI=1S/C26H29NO3/c1-18(2)24-15-10-19(3)16-25(24)30-20(4)26(28)27-22-11-13-23(14-12-22)29-17-21-8-6-5-7-9-21/h5-16,18,20H,17H2,1-4H3,(H,27,28)/t20-/m0/s1. The van der Waals surface area contributed by atoms with Crippen LogP contribution in [-0.4, -0.2) is 12.0 Å². The summed E-state index contributed by atoms with van der Waals surface area (Å²) in [6.07, 6.45) is -0.613. The molecule has 0 bridgehead atoms. The molecule has 3 aromatic rings. The van der Waals surface area contributed by atoms with Crippen molar-refractivity contribution in [3.8, 4) is 11.5 Å². The molecule has 0 radical (unpaired) electrons. The molecule has 3 aromatic carbocycles. The maximum Gasteiger partial charge on any atom is 0.265 e. The van der Waals surface area contributed by atoms with Gasteiger partial charge in [-0.2, -0.15) is 0 Å². The van der Waals surface area contributed by atoms with Crippen molar-refractivity contribution in [2.45, 2.75) is 46.3 Å². The van der Waals surface area contributed by atoms with Gasteiger partial charge in [-0.15, -0.1) is 0 Å². The average Bonchev–Trinajstić information content (AvgIpc) is 2.73. The summed E-state index contributed by atoms with van der Waals surface area (Å²) in [6.45, 7) is 8.52. The molecule has 156 valence electrons. The van der Waals surface area contributed by atoms with Crippen molar-refractivity contribution in [3.05, 3.63) is 89.5 Å². The van der Waals surface area contributed by atoms with Gasteiger partial charge in [0.05, 0.1) is 0 Å². The molecule has 4 heteroatoms. The van der Waals surface area contributed by atoms with Gasteiger partial charge in [0.2, 0.25) is 0 Å². The summed E-state index contributed by atoms with van der Waals surface area (Å²) in [5, 5.41) is 2.91. The molecular formula is C26H29NO3. The van der Waals surface area contributed by atoms with Crippen LogP contribution in [0, 0.1) is 6.92 Å². The number of carbonyl (C=O) groups is 1. The monoisotopic (exact) mass is 403 g/mol. The lowest BCUT2D eigenvalue weighted by Crippen LogP contribution is -2.30. The zero-order valence-corrected chi connectivity index (χ0v) is 18.0. The number of amides is 1. The van der Waals surface area contributed by atoms with Crippen molar-refractivity contribution in [1.82, 2.24) is 0 Å². The quantitative estimate of drug-likeness (QED) is 0.494. The first kappa shape index (κ1) is 21.4. The predicted octanol–water partition coefficient (Wildman–Crippen LogP) is 6.10. The van der Waals surface area contributed by atoms with Gasteiger partial charge in [-0.3, -0.25) is 4.79 Å². The molecule has 4 nitrogen and oxygen atoms in total. The second-order valence-electron chi connectivity index (χ2n) is 7.74. The molecule has 30 heavy (non-hydrogen) atoms. The molecule has 1 amide bonds. The Kier molecular flexibility index (Phi) is 7.12. The number of benzene rings is 3. The van der Waals surface area contributed by atoms with Gasteiger partial charge in [0.15, 0.2) is 6.10 Å². The van der Waals surface area contributed by atoms with Crippen molar-refractivity contribution in [3.63, 3.8) is 0 Å². The number of anilines is 1. The second-order valence-corrected chi connectivity index (χ2v) is 7.74. The zero-order chi connectivity index (χ0) is 21.5. The Bertz CT molecular complexity index is 965. The molecule has 0 unspecified atom stereocenters. The number of ether oxygens (including phenoxy) is 2. The SMILES string of the molecule is Cc1ccc(C(C)C)c(O[C@@H](C)C(=O)Nc2ccc(OCc3ccccc3)cc2)c1. The van der Waals surface area contributed by atoms with Crippen LogP contribution in [0.15, 0.2) is 72.8 Å². The molecule has 0 aromatic heterocycles. The van der Waals surface area contributed by atoms with Crippen LogP contribution in [0.25, 0.3) is 0 Å². The average molecular weight is 404 g/mol. The number of hydrogen-bond acceptors (Lipinski definition) is 3.